The topological polar surface area (TPSA) is 37.4 Å². The molecule has 0 N–H and O–H groups in total. The quantitative estimate of drug-likeness (QED) is 0.757. The molecule has 21 heavy (non-hydrogen) atoms. The lowest BCUT2D eigenvalue weighted by Crippen LogP contribution is -2.31. The third-order valence-corrected chi connectivity index (χ3v) is 5.15. The van der Waals surface area contributed by atoms with Crippen LogP contribution in [-0.4, -0.2) is 15.0 Å². The molecule has 0 aliphatic carbocycles. The summed E-state index contributed by atoms with van der Waals surface area (Å²) in [5.41, 5.74) is 0.327. The van der Waals surface area contributed by atoms with Gasteiger partial charge in [0.2, 0.25) is 0 Å². The number of rotatable bonds is 5. The number of hydrogen-bond donors (Lipinski definition) is 0. The third-order valence-electron chi connectivity index (χ3n) is 2.80. The second-order valence-electron chi connectivity index (χ2n) is 4.23. The molecule has 0 aromatic heterocycles. The zero-order valence-corrected chi connectivity index (χ0v) is 13.4. The fourth-order valence-corrected chi connectivity index (χ4v) is 3.74. The molecule has 110 valence electrons. The number of sulfonamides is 1. The smallest absolute Gasteiger partial charge is 0.261 e. The summed E-state index contributed by atoms with van der Waals surface area (Å²) in [6.45, 7) is 3.70. The van der Waals surface area contributed by atoms with Gasteiger partial charge in [0.15, 0.2) is 0 Å². The summed E-state index contributed by atoms with van der Waals surface area (Å²) in [5.74, 6) is 0. The van der Waals surface area contributed by atoms with E-state index in [0.29, 0.717) is 15.7 Å². The first-order valence-corrected chi connectivity index (χ1v) is 8.30. The summed E-state index contributed by atoms with van der Waals surface area (Å²) in [6, 6.07) is 12.8. The first-order chi connectivity index (χ1) is 9.96. The van der Waals surface area contributed by atoms with Crippen LogP contribution in [-0.2, 0) is 10.0 Å². The van der Waals surface area contributed by atoms with E-state index in [0.717, 1.165) is 0 Å². The second kappa shape index (κ2) is 6.52. The Balaban J connectivity index is 2.58. The maximum atomic E-state index is 12.8. The Hall–Kier alpha value is -1.49. The van der Waals surface area contributed by atoms with Gasteiger partial charge in [-0.25, -0.2) is 8.42 Å². The van der Waals surface area contributed by atoms with E-state index in [1.807, 2.05) is 0 Å². The molecule has 0 unspecified atom stereocenters. The third kappa shape index (κ3) is 3.40. The van der Waals surface area contributed by atoms with Gasteiger partial charge in [0.05, 0.1) is 22.2 Å². The molecule has 2 rings (SSSR count). The molecule has 0 saturated heterocycles. The molecule has 2 aromatic carbocycles. The molecule has 0 aliphatic heterocycles. The molecular weight excluding hydrogens is 329 g/mol. The largest absolute Gasteiger partial charge is 0.264 e. The van der Waals surface area contributed by atoms with Crippen molar-refractivity contribution in [3.8, 4) is 0 Å². The Morgan fingerprint density at radius 3 is 2.38 bits per heavy atom. The van der Waals surface area contributed by atoms with Gasteiger partial charge < -0.3 is 0 Å². The van der Waals surface area contributed by atoms with Crippen LogP contribution in [0.2, 0.25) is 10.0 Å². The standard InChI is InChI=1S/C15H13Cl2NO2S/c1-2-10-18(15-11-12(16)8-9-14(15)17)21(19,20)13-6-4-3-5-7-13/h2-9,11H,1,10H2. The van der Waals surface area contributed by atoms with Crippen LogP contribution in [0.3, 0.4) is 0 Å². The van der Waals surface area contributed by atoms with Crippen molar-refractivity contribution in [3.05, 3.63) is 71.2 Å². The summed E-state index contributed by atoms with van der Waals surface area (Å²) in [5, 5.41) is 0.715. The van der Waals surface area contributed by atoms with Gasteiger partial charge in [-0.1, -0.05) is 47.5 Å². The van der Waals surface area contributed by atoms with Crippen molar-refractivity contribution in [1.82, 2.24) is 0 Å². The Kier molecular flexibility index (Phi) is 4.93. The SMILES string of the molecule is C=CCN(c1cc(Cl)ccc1Cl)S(=O)(=O)c1ccccc1. The van der Waals surface area contributed by atoms with Crippen molar-refractivity contribution in [2.24, 2.45) is 0 Å². The predicted octanol–water partition coefficient (Wildman–Crippen LogP) is 4.37. The highest BCUT2D eigenvalue weighted by atomic mass is 35.5. The summed E-state index contributed by atoms with van der Waals surface area (Å²) in [4.78, 5) is 0.183. The van der Waals surface area contributed by atoms with Crippen LogP contribution >= 0.6 is 23.2 Å². The summed E-state index contributed by atoms with van der Waals surface area (Å²) in [7, 11) is -3.74. The lowest BCUT2D eigenvalue weighted by molar-refractivity contribution is 0.593. The van der Waals surface area contributed by atoms with Gasteiger partial charge >= 0.3 is 0 Å². The van der Waals surface area contributed by atoms with Gasteiger partial charge in [0, 0.05) is 5.02 Å². The number of nitrogens with zero attached hydrogens (tertiary/aromatic N) is 1. The molecule has 0 atom stereocenters. The van der Waals surface area contributed by atoms with Gasteiger partial charge in [-0.2, -0.15) is 0 Å². The lowest BCUT2D eigenvalue weighted by atomic mass is 10.3. The molecular formula is C15H13Cl2NO2S. The van der Waals surface area contributed by atoms with Crippen LogP contribution in [0.4, 0.5) is 5.69 Å². The highest BCUT2D eigenvalue weighted by molar-refractivity contribution is 7.92. The summed E-state index contributed by atoms with van der Waals surface area (Å²) < 4.78 is 26.7. The minimum Gasteiger partial charge on any atom is -0.261 e. The molecule has 0 fully saturated rings. The van der Waals surface area contributed by atoms with E-state index in [1.54, 1.807) is 30.3 Å². The molecule has 0 bridgehead atoms. The Labute approximate surface area is 134 Å². The molecule has 0 saturated carbocycles. The predicted molar refractivity (Wildman–Crippen MR) is 87.6 cm³/mol. The van der Waals surface area contributed by atoms with Gasteiger partial charge in [0.1, 0.15) is 0 Å². The van der Waals surface area contributed by atoms with Gasteiger partial charge in [-0.3, -0.25) is 4.31 Å². The zero-order valence-electron chi connectivity index (χ0n) is 11.0. The highest BCUT2D eigenvalue weighted by Crippen LogP contribution is 2.32. The van der Waals surface area contributed by atoms with Crippen LogP contribution in [0.5, 0.6) is 0 Å². The second-order valence-corrected chi connectivity index (χ2v) is 6.94. The van der Waals surface area contributed by atoms with E-state index < -0.39 is 10.0 Å². The van der Waals surface area contributed by atoms with Gasteiger partial charge in [-0.15, -0.1) is 6.58 Å². The average Bonchev–Trinajstić information content (AvgIpc) is 2.48. The van der Waals surface area contributed by atoms with E-state index in [1.165, 1.54) is 28.6 Å². The fraction of sp³-hybridized carbons (Fsp3) is 0.0667. The molecule has 3 nitrogen and oxygen atoms in total. The van der Waals surface area contributed by atoms with Crippen LogP contribution in [0.15, 0.2) is 66.1 Å². The summed E-state index contributed by atoms with van der Waals surface area (Å²) >= 11 is 12.1. The molecule has 0 amide bonds. The van der Waals surface area contributed by atoms with Crippen LogP contribution in [0, 0.1) is 0 Å². The number of halogens is 2. The van der Waals surface area contributed by atoms with Gasteiger partial charge in [-0.05, 0) is 30.3 Å². The molecule has 0 radical (unpaired) electrons. The minimum atomic E-state index is -3.74. The fourth-order valence-electron chi connectivity index (χ4n) is 1.84. The monoisotopic (exact) mass is 341 g/mol. The van der Waals surface area contributed by atoms with E-state index in [2.05, 4.69) is 6.58 Å². The van der Waals surface area contributed by atoms with Crippen molar-refractivity contribution in [3.63, 3.8) is 0 Å². The number of hydrogen-bond acceptors (Lipinski definition) is 2. The molecule has 0 spiro atoms. The van der Waals surface area contributed by atoms with Crippen molar-refractivity contribution in [2.75, 3.05) is 10.8 Å². The van der Waals surface area contributed by atoms with Crippen molar-refractivity contribution in [2.45, 2.75) is 4.90 Å². The first-order valence-electron chi connectivity index (χ1n) is 6.10. The van der Waals surface area contributed by atoms with Crippen molar-refractivity contribution < 1.29 is 8.42 Å². The Morgan fingerprint density at radius 1 is 1.10 bits per heavy atom. The normalized spacial score (nSPS) is 11.1. The highest BCUT2D eigenvalue weighted by Gasteiger charge is 2.25. The first kappa shape index (κ1) is 15.9. The molecule has 2 aromatic rings. The van der Waals surface area contributed by atoms with E-state index in [-0.39, 0.29) is 11.4 Å². The number of anilines is 1. The van der Waals surface area contributed by atoms with E-state index >= 15 is 0 Å². The summed E-state index contributed by atoms with van der Waals surface area (Å²) in [6.07, 6.45) is 1.50. The average molecular weight is 342 g/mol. The maximum Gasteiger partial charge on any atom is 0.264 e. The molecule has 6 heteroatoms. The molecule has 0 heterocycles. The minimum absolute atomic E-state index is 0.0945. The van der Waals surface area contributed by atoms with Crippen LogP contribution in [0.25, 0.3) is 0 Å². The van der Waals surface area contributed by atoms with Gasteiger partial charge in [0.25, 0.3) is 10.0 Å². The van der Waals surface area contributed by atoms with Crippen molar-refractivity contribution >= 4 is 38.9 Å². The Bertz CT molecular complexity index is 746. The van der Waals surface area contributed by atoms with E-state index in [4.69, 9.17) is 23.2 Å². The zero-order chi connectivity index (χ0) is 15.5. The Morgan fingerprint density at radius 2 is 1.76 bits per heavy atom. The van der Waals surface area contributed by atoms with Crippen molar-refractivity contribution in [1.29, 1.82) is 0 Å². The van der Waals surface area contributed by atoms with E-state index in [9.17, 15) is 8.42 Å². The number of benzene rings is 2. The van der Waals surface area contributed by atoms with Crippen LogP contribution in [0.1, 0.15) is 0 Å². The van der Waals surface area contributed by atoms with Crippen LogP contribution < -0.4 is 4.31 Å². The maximum absolute atomic E-state index is 12.8. The molecule has 0 aliphatic rings. The lowest BCUT2D eigenvalue weighted by Gasteiger charge is -2.24.